The van der Waals surface area contributed by atoms with E-state index in [4.69, 9.17) is 4.74 Å². The van der Waals surface area contributed by atoms with Gasteiger partial charge in [-0.1, -0.05) is 13.8 Å². The summed E-state index contributed by atoms with van der Waals surface area (Å²) >= 11 is 0. The Kier molecular flexibility index (Phi) is 8.40. The zero-order valence-electron chi connectivity index (χ0n) is 9.05. The zero-order valence-corrected chi connectivity index (χ0v) is 9.05. The molecule has 0 aliphatic heterocycles. The van der Waals surface area contributed by atoms with E-state index >= 15 is 0 Å². The molecule has 2 atom stereocenters. The van der Waals surface area contributed by atoms with E-state index in [0.717, 1.165) is 32.5 Å². The number of ether oxygens (including phenoxy) is 1. The molecule has 0 fully saturated rings. The molecule has 0 aliphatic carbocycles. The molecule has 0 aromatic heterocycles. The first-order chi connectivity index (χ1) is 6.20. The highest BCUT2D eigenvalue weighted by Crippen LogP contribution is 1.96. The second kappa shape index (κ2) is 8.48. The minimum Gasteiger partial charge on any atom is -0.393 e. The molecule has 13 heavy (non-hydrogen) atoms. The summed E-state index contributed by atoms with van der Waals surface area (Å²) in [6.45, 7) is 6.79. The molecule has 0 amide bonds. The topological polar surface area (TPSA) is 41.5 Å². The van der Waals surface area contributed by atoms with Gasteiger partial charge in [0.25, 0.3) is 0 Å². The summed E-state index contributed by atoms with van der Waals surface area (Å²) in [6, 6.07) is 0. The molecule has 0 aromatic rings. The van der Waals surface area contributed by atoms with Gasteiger partial charge in [-0.15, -0.1) is 0 Å². The quantitative estimate of drug-likeness (QED) is 0.560. The lowest BCUT2D eigenvalue weighted by Gasteiger charge is -2.12. The van der Waals surface area contributed by atoms with Crippen LogP contribution < -0.4 is 5.32 Å². The van der Waals surface area contributed by atoms with E-state index in [1.165, 1.54) is 0 Å². The molecule has 0 saturated heterocycles. The summed E-state index contributed by atoms with van der Waals surface area (Å²) < 4.78 is 5.01. The maximum atomic E-state index is 9.26. The molecule has 0 aliphatic rings. The lowest BCUT2D eigenvalue weighted by molar-refractivity contribution is 0.149. The van der Waals surface area contributed by atoms with Crippen LogP contribution in [0.1, 0.15) is 26.7 Å². The standard InChI is InChI=1S/C10H23NO2/c1-4-10(12)5-6-11-7-9(2)8-13-3/h9-12H,4-8H2,1-3H3. The van der Waals surface area contributed by atoms with Gasteiger partial charge in [0.15, 0.2) is 0 Å². The van der Waals surface area contributed by atoms with E-state index in [9.17, 15) is 5.11 Å². The molecule has 0 bridgehead atoms. The molecule has 0 heterocycles. The first kappa shape index (κ1) is 12.9. The van der Waals surface area contributed by atoms with Crippen LogP contribution in [0.5, 0.6) is 0 Å². The van der Waals surface area contributed by atoms with Gasteiger partial charge in [-0.25, -0.2) is 0 Å². The van der Waals surface area contributed by atoms with Gasteiger partial charge < -0.3 is 15.2 Å². The summed E-state index contributed by atoms with van der Waals surface area (Å²) in [5, 5.41) is 12.6. The average Bonchev–Trinajstić information content (AvgIpc) is 2.12. The molecular formula is C10H23NO2. The third-order valence-electron chi connectivity index (χ3n) is 2.07. The van der Waals surface area contributed by atoms with Crippen LogP contribution in [0.25, 0.3) is 0 Å². The predicted molar refractivity (Wildman–Crippen MR) is 54.8 cm³/mol. The largest absolute Gasteiger partial charge is 0.393 e. The number of aliphatic hydroxyl groups is 1. The Balaban J connectivity index is 3.15. The van der Waals surface area contributed by atoms with Crippen molar-refractivity contribution in [1.29, 1.82) is 0 Å². The molecule has 0 radical (unpaired) electrons. The van der Waals surface area contributed by atoms with Crippen molar-refractivity contribution in [2.24, 2.45) is 5.92 Å². The number of nitrogens with one attached hydrogen (secondary N) is 1. The molecule has 0 aromatic carbocycles. The first-order valence-corrected chi connectivity index (χ1v) is 5.08. The van der Waals surface area contributed by atoms with Gasteiger partial charge in [0.1, 0.15) is 0 Å². The Morgan fingerprint density at radius 2 is 2.15 bits per heavy atom. The van der Waals surface area contributed by atoms with Crippen LogP contribution in [0.4, 0.5) is 0 Å². The summed E-state index contributed by atoms with van der Waals surface area (Å²) in [7, 11) is 1.72. The van der Waals surface area contributed by atoms with Crippen LogP contribution in [0.3, 0.4) is 0 Å². The highest BCUT2D eigenvalue weighted by molar-refractivity contribution is 4.59. The fraction of sp³-hybridized carbons (Fsp3) is 1.00. The highest BCUT2D eigenvalue weighted by Gasteiger charge is 2.02. The summed E-state index contributed by atoms with van der Waals surface area (Å²) in [4.78, 5) is 0. The second-order valence-electron chi connectivity index (χ2n) is 3.62. The van der Waals surface area contributed by atoms with Gasteiger partial charge in [-0.3, -0.25) is 0 Å². The minimum atomic E-state index is -0.148. The van der Waals surface area contributed by atoms with Crippen molar-refractivity contribution in [3.8, 4) is 0 Å². The average molecular weight is 189 g/mol. The Morgan fingerprint density at radius 1 is 1.46 bits per heavy atom. The van der Waals surface area contributed by atoms with Crippen LogP contribution in [-0.4, -0.2) is 38.0 Å². The van der Waals surface area contributed by atoms with Crippen molar-refractivity contribution in [3.63, 3.8) is 0 Å². The number of hydrogen-bond donors (Lipinski definition) is 2. The molecule has 0 rings (SSSR count). The van der Waals surface area contributed by atoms with Crippen molar-refractivity contribution in [2.75, 3.05) is 26.8 Å². The fourth-order valence-corrected chi connectivity index (χ4v) is 1.16. The van der Waals surface area contributed by atoms with Crippen molar-refractivity contribution in [3.05, 3.63) is 0 Å². The number of aliphatic hydroxyl groups excluding tert-OH is 1. The van der Waals surface area contributed by atoms with E-state index < -0.39 is 0 Å². The molecule has 2 unspecified atom stereocenters. The predicted octanol–water partition coefficient (Wildman–Crippen LogP) is 1.02. The molecule has 3 nitrogen and oxygen atoms in total. The van der Waals surface area contributed by atoms with Crippen LogP contribution in [0.2, 0.25) is 0 Å². The molecule has 0 saturated carbocycles. The summed E-state index contributed by atoms with van der Waals surface area (Å²) in [5.41, 5.74) is 0. The Hall–Kier alpha value is -0.120. The second-order valence-corrected chi connectivity index (χ2v) is 3.62. The lowest BCUT2D eigenvalue weighted by Crippen LogP contribution is -2.26. The minimum absolute atomic E-state index is 0.148. The molecule has 80 valence electrons. The van der Waals surface area contributed by atoms with Gasteiger partial charge in [-0.2, -0.15) is 0 Å². The number of rotatable bonds is 8. The van der Waals surface area contributed by atoms with Crippen molar-refractivity contribution >= 4 is 0 Å². The van der Waals surface area contributed by atoms with E-state index in [1.54, 1.807) is 7.11 Å². The number of hydrogen-bond acceptors (Lipinski definition) is 3. The van der Waals surface area contributed by atoms with Crippen molar-refractivity contribution in [1.82, 2.24) is 5.32 Å². The summed E-state index contributed by atoms with van der Waals surface area (Å²) in [5.74, 6) is 0.545. The van der Waals surface area contributed by atoms with E-state index in [-0.39, 0.29) is 6.10 Å². The van der Waals surface area contributed by atoms with Gasteiger partial charge in [0.2, 0.25) is 0 Å². The number of methoxy groups -OCH3 is 1. The van der Waals surface area contributed by atoms with Crippen molar-refractivity contribution in [2.45, 2.75) is 32.8 Å². The molecule has 0 spiro atoms. The maximum absolute atomic E-state index is 9.26. The summed E-state index contributed by atoms with van der Waals surface area (Å²) in [6.07, 6.45) is 1.54. The van der Waals surface area contributed by atoms with Gasteiger partial charge >= 0.3 is 0 Å². The Morgan fingerprint density at radius 3 is 2.69 bits per heavy atom. The molecule has 3 heteroatoms. The van der Waals surface area contributed by atoms with Crippen molar-refractivity contribution < 1.29 is 9.84 Å². The van der Waals surface area contributed by atoms with Gasteiger partial charge in [0, 0.05) is 13.7 Å². The molecular weight excluding hydrogens is 166 g/mol. The van der Waals surface area contributed by atoms with E-state index in [1.807, 2.05) is 6.92 Å². The maximum Gasteiger partial charge on any atom is 0.0549 e. The van der Waals surface area contributed by atoms with Crippen LogP contribution in [0.15, 0.2) is 0 Å². The van der Waals surface area contributed by atoms with E-state index in [2.05, 4.69) is 12.2 Å². The third-order valence-corrected chi connectivity index (χ3v) is 2.07. The highest BCUT2D eigenvalue weighted by atomic mass is 16.5. The van der Waals surface area contributed by atoms with Gasteiger partial charge in [-0.05, 0) is 31.8 Å². The van der Waals surface area contributed by atoms with E-state index in [0.29, 0.717) is 5.92 Å². The van der Waals surface area contributed by atoms with Crippen LogP contribution in [-0.2, 0) is 4.74 Å². The monoisotopic (exact) mass is 189 g/mol. The van der Waals surface area contributed by atoms with Gasteiger partial charge in [0.05, 0.1) is 6.10 Å². The zero-order chi connectivity index (χ0) is 10.1. The van der Waals surface area contributed by atoms with Crippen LogP contribution in [0, 0.1) is 5.92 Å². The van der Waals surface area contributed by atoms with Crippen LogP contribution >= 0.6 is 0 Å². The smallest absolute Gasteiger partial charge is 0.0549 e. The third kappa shape index (κ3) is 8.22. The first-order valence-electron chi connectivity index (χ1n) is 5.08. The normalized spacial score (nSPS) is 15.7. The fourth-order valence-electron chi connectivity index (χ4n) is 1.16. The SMILES string of the molecule is CCC(O)CCNCC(C)COC. The Bertz CT molecular complexity index is 109. The molecule has 2 N–H and O–H groups in total. The Labute approximate surface area is 81.5 Å². The lowest BCUT2D eigenvalue weighted by atomic mass is 10.2.